The minimum Gasteiger partial charge on any atom is -0.315 e. The summed E-state index contributed by atoms with van der Waals surface area (Å²) in [7, 11) is 0. The molecule has 0 saturated heterocycles. The van der Waals surface area contributed by atoms with Crippen molar-refractivity contribution in [2.75, 3.05) is 0 Å². The van der Waals surface area contributed by atoms with E-state index in [0.29, 0.717) is 5.56 Å². The van der Waals surface area contributed by atoms with Crippen molar-refractivity contribution < 1.29 is 17.9 Å². The highest BCUT2D eigenvalue weighted by atomic mass is 19.3. The molecule has 148 valence electrons. The summed E-state index contributed by atoms with van der Waals surface area (Å²) < 4.78 is 47.0. The molecule has 0 fully saturated rings. The fourth-order valence-electron chi connectivity index (χ4n) is 3.03. The van der Waals surface area contributed by atoms with Gasteiger partial charge in [0.25, 0.3) is 0 Å². The zero-order chi connectivity index (χ0) is 19.7. The Labute approximate surface area is 160 Å². The SMILES string of the molecule is CCCCCc1ccc(CC(F)(F)OCc2ccc(CCC)cc2F)cc1. The second-order valence-corrected chi connectivity index (χ2v) is 7.05. The molecule has 2 rings (SSSR count). The van der Waals surface area contributed by atoms with Crippen molar-refractivity contribution in [3.05, 3.63) is 70.5 Å². The minimum atomic E-state index is -3.34. The van der Waals surface area contributed by atoms with Gasteiger partial charge < -0.3 is 4.74 Å². The standard InChI is InChI=1S/C23H29F3O/c1-3-5-6-8-18-9-11-20(12-10-18)16-23(25,26)27-17-21-14-13-19(7-4-2)15-22(21)24/h9-15H,3-8,16-17H2,1-2H3. The van der Waals surface area contributed by atoms with Gasteiger partial charge in [0, 0.05) is 5.56 Å². The molecule has 0 unspecified atom stereocenters. The number of unbranched alkanes of at least 4 members (excludes halogenated alkanes) is 2. The summed E-state index contributed by atoms with van der Waals surface area (Å²) in [5.41, 5.74) is 2.69. The average Bonchev–Trinajstić information content (AvgIpc) is 2.63. The van der Waals surface area contributed by atoms with Crippen LogP contribution in [0.5, 0.6) is 0 Å². The fraction of sp³-hybridized carbons (Fsp3) is 0.478. The minimum absolute atomic E-state index is 0.154. The number of alkyl halides is 2. The van der Waals surface area contributed by atoms with Crippen LogP contribution >= 0.6 is 0 Å². The van der Waals surface area contributed by atoms with Crippen molar-refractivity contribution in [1.29, 1.82) is 0 Å². The summed E-state index contributed by atoms with van der Waals surface area (Å²) in [5.74, 6) is -0.492. The molecule has 4 heteroatoms. The lowest BCUT2D eigenvalue weighted by molar-refractivity contribution is -0.244. The van der Waals surface area contributed by atoms with Gasteiger partial charge in [-0.15, -0.1) is 0 Å². The molecule has 2 aromatic rings. The number of benzene rings is 2. The highest BCUT2D eigenvalue weighted by Crippen LogP contribution is 2.25. The Morgan fingerprint density at radius 3 is 2.11 bits per heavy atom. The lowest BCUT2D eigenvalue weighted by atomic mass is 10.0. The van der Waals surface area contributed by atoms with E-state index in [1.54, 1.807) is 18.2 Å². The predicted molar refractivity (Wildman–Crippen MR) is 104 cm³/mol. The van der Waals surface area contributed by atoms with Crippen molar-refractivity contribution in [2.45, 2.75) is 71.5 Å². The van der Waals surface area contributed by atoms with E-state index in [-0.39, 0.29) is 5.56 Å². The van der Waals surface area contributed by atoms with Crippen LogP contribution in [0, 0.1) is 5.82 Å². The second kappa shape index (κ2) is 10.5. The van der Waals surface area contributed by atoms with E-state index in [9.17, 15) is 13.2 Å². The molecule has 2 aromatic carbocycles. The van der Waals surface area contributed by atoms with Crippen LogP contribution in [0.25, 0.3) is 0 Å². The van der Waals surface area contributed by atoms with Gasteiger partial charge in [0.15, 0.2) is 0 Å². The summed E-state index contributed by atoms with van der Waals surface area (Å²) in [4.78, 5) is 0. The topological polar surface area (TPSA) is 9.23 Å². The third-order valence-electron chi connectivity index (χ3n) is 4.60. The van der Waals surface area contributed by atoms with Gasteiger partial charge in [0.2, 0.25) is 0 Å². The Morgan fingerprint density at radius 2 is 1.48 bits per heavy atom. The first kappa shape index (κ1) is 21.5. The summed E-state index contributed by atoms with van der Waals surface area (Å²) in [6.07, 6.45) is 2.22. The van der Waals surface area contributed by atoms with Crippen LogP contribution in [0.4, 0.5) is 13.2 Å². The molecule has 0 spiro atoms. The number of aryl methyl sites for hydroxylation is 2. The molecular weight excluding hydrogens is 349 g/mol. The van der Waals surface area contributed by atoms with Crippen molar-refractivity contribution in [3.63, 3.8) is 0 Å². The quantitative estimate of drug-likeness (QED) is 0.388. The molecular formula is C23H29F3O. The Kier molecular flexibility index (Phi) is 8.36. The second-order valence-electron chi connectivity index (χ2n) is 7.05. The van der Waals surface area contributed by atoms with E-state index in [4.69, 9.17) is 4.74 Å². The highest BCUT2D eigenvalue weighted by molar-refractivity contribution is 5.25. The number of hydrogen-bond acceptors (Lipinski definition) is 1. The zero-order valence-electron chi connectivity index (χ0n) is 16.2. The van der Waals surface area contributed by atoms with Gasteiger partial charge in [-0.25, -0.2) is 4.39 Å². The van der Waals surface area contributed by atoms with E-state index in [1.165, 1.54) is 18.6 Å². The molecule has 0 bridgehead atoms. The van der Waals surface area contributed by atoms with Crippen LogP contribution < -0.4 is 0 Å². The monoisotopic (exact) mass is 378 g/mol. The van der Waals surface area contributed by atoms with Crippen molar-refractivity contribution >= 4 is 0 Å². The molecule has 27 heavy (non-hydrogen) atoms. The Morgan fingerprint density at radius 1 is 0.815 bits per heavy atom. The lowest BCUT2D eigenvalue weighted by Gasteiger charge is -2.18. The van der Waals surface area contributed by atoms with Crippen LogP contribution in [0.2, 0.25) is 0 Å². The lowest BCUT2D eigenvalue weighted by Crippen LogP contribution is -2.24. The van der Waals surface area contributed by atoms with E-state index >= 15 is 0 Å². The number of rotatable bonds is 11. The first-order valence-corrected chi connectivity index (χ1v) is 9.80. The fourth-order valence-corrected chi connectivity index (χ4v) is 3.03. The Balaban J connectivity index is 1.89. The molecule has 0 saturated carbocycles. The van der Waals surface area contributed by atoms with Gasteiger partial charge >= 0.3 is 6.11 Å². The van der Waals surface area contributed by atoms with Crippen molar-refractivity contribution in [2.24, 2.45) is 0 Å². The summed E-state index contributed by atoms with van der Waals surface area (Å²) in [6, 6.07) is 11.9. The average molecular weight is 378 g/mol. The molecule has 0 aliphatic heterocycles. The van der Waals surface area contributed by atoms with Gasteiger partial charge in [0.1, 0.15) is 5.82 Å². The molecule has 0 aromatic heterocycles. The third-order valence-corrected chi connectivity index (χ3v) is 4.60. The molecule has 0 heterocycles. The summed E-state index contributed by atoms with van der Waals surface area (Å²) in [5, 5.41) is 0. The van der Waals surface area contributed by atoms with Crippen LogP contribution in [-0.4, -0.2) is 6.11 Å². The maximum absolute atomic E-state index is 14.1. The number of halogens is 3. The van der Waals surface area contributed by atoms with Crippen molar-refractivity contribution in [3.8, 4) is 0 Å². The highest BCUT2D eigenvalue weighted by Gasteiger charge is 2.30. The molecule has 0 N–H and O–H groups in total. The smallest absolute Gasteiger partial charge is 0.315 e. The maximum atomic E-state index is 14.1. The van der Waals surface area contributed by atoms with Gasteiger partial charge in [-0.2, -0.15) is 8.78 Å². The first-order chi connectivity index (χ1) is 12.9. The Hall–Kier alpha value is -1.81. The molecule has 0 atom stereocenters. The molecule has 0 aliphatic rings. The van der Waals surface area contributed by atoms with Gasteiger partial charge in [0.05, 0.1) is 13.0 Å². The normalized spacial score (nSPS) is 11.7. The maximum Gasteiger partial charge on any atom is 0.360 e. The Bertz CT molecular complexity index is 695. The van der Waals surface area contributed by atoms with Crippen molar-refractivity contribution in [1.82, 2.24) is 0 Å². The van der Waals surface area contributed by atoms with Crippen LogP contribution in [0.3, 0.4) is 0 Å². The van der Waals surface area contributed by atoms with E-state index in [2.05, 4.69) is 6.92 Å². The van der Waals surface area contributed by atoms with E-state index in [1.807, 2.05) is 19.1 Å². The summed E-state index contributed by atoms with van der Waals surface area (Å²) >= 11 is 0. The van der Waals surface area contributed by atoms with Crippen LogP contribution in [0.1, 0.15) is 61.8 Å². The molecule has 0 radical (unpaired) electrons. The van der Waals surface area contributed by atoms with Gasteiger partial charge in [-0.3, -0.25) is 0 Å². The third kappa shape index (κ3) is 7.37. The summed E-state index contributed by atoms with van der Waals surface area (Å²) in [6.45, 7) is 3.71. The van der Waals surface area contributed by atoms with E-state index < -0.39 is 25.0 Å². The molecule has 1 nitrogen and oxygen atoms in total. The number of ether oxygens (including phenoxy) is 1. The van der Waals surface area contributed by atoms with Crippen LogP contribution in [0.15, 0.2) is 42.5 Å². The van der Waals surface area contributed by atoms with E-state index in [0.717, 1.165) is 43.2 Å². The van der Waals surface area contributed by atoms with Gasteiger partial charge in [-0.05, 0) is 42.0 Å². The zero-order valence-corrected chi connectivity index (χ0v) is 16.2. The van der Waals surface area contributed by atoms with Gasteiger partial charge in [-0.1, -0.05) is 69.5 Å². The molecule has 0 aliphatic carbocycles. The predicted octanol–water partition coefficient (Wildman–Crippen LogP) is 6.86. The largest absolute Gasteiger partial charge is 0.360 e. The first-order valence-electron chi connectivity index (χ1n) is 9.80. The van der Waals surface area contributed by atoms with Crippen LogP contribution in [-0.2, 0) is 30.6 Å². The number of hydrogen-bond donors (Lipinski definition) is 0. The molecule has 0 amide bonds.